The van der Waals surface area contributed by atoms with Crippen molar-refractivity contribution in [1.82, 2.24) is 14.5 Å². The van der Waals surface area contributed by atoms with E-state index in [0.29, 0.717) is 36.4 Å². The molecule has 1 aliphatic heterocycles. The molecule has 1 N–H and O–H groups in total. The molecule has 0 radical (unpaired) electrons. The molecule has 0 unspecified atom stereocenters. The molecule has 0 atom stereocenters. The average molecular weight is 387 g/mol. The number of halogens is 1. The highest BCUT2D eigenvalue weighted by Gasteiger charge is 2.51. The van der Waals surface area contributed by atoms with Gasteiger partial charge in [-0.2, -0.15) is 0 Å². The van der Waals surface area contributed by atoms with Crippen LogP contribution in [0.15, 0.2) is 30.5 Å². The van der Waals surface area contributed by atoms with Gasteiger partial charge in [-0.05, 0) is 36.5 Å². The van der Waals surface area contributed by atoms with Crippen LogP contribution in [0.4, 0.5) is 5.82 Å². The topological polar surface area (TPSA) is 67.2 Å². The Morgan fingerprint density at radius 3 is 2.74 bits per heavy atom. The summed E-state index contributed by atoms with van der Waals surface area (Å²) in [5.74, 6) is 2.03. The normalized spacial score (nSPS) is 24.1. The zero-order valence-electron chi connectivity index (χ0n) is 15.5. The molecule has 1 saturated carbocycles. The van der Waals surface area contributed by atoms with Gasteiger partial charge in [0.2, 0.25) is 11.8 Å². The average Bonchev–Trinajstić information content (AvgIpc) is 2.99. The van der Waals surface area contributed by atoms with Crippen LogP contribution in [0.25, 0.3) is 0 Å². The van der Waals surface area contributed by atoms with E-state index in [9.17, 15) is 9.59 Å². The summed E-state index contributed by atoms with van der Waals surface area (Å²) in [5.41, 5.74) is 0.519. The second-order valence-electron chi connectivity index (χ2n) is 7.73. The van der Waals surface area contributed by atoms with Crippen molar-refractivity contribution >= 4 is 29.2 Å². The van der Waals surface area contributed by atoms with Gasteiger partial charge in [-0.1, -0.05) is 30.7 Å². The predicted octanol–water partition coefficient (Wildman–Crippen LogP) is 3.21. The van der Waals surface area contributed by atoms with Gasteiger partial charge in [0, 0.05) is 25.0 Å². The number of aromatic nitrogens is 2. The van der Waals surface area contributed by atoms with Crippen molar-refractivity contribution in [1.29, 1.82) is 0 Å². The number of nitrogens with zero attached hydrogens (tertiary/aromatic N) is 3. The van der Waals surface area contributed by atoms with Crippen LogP contribution in [-0.4, -0.2) is 32.8 Å². The van der Waals surface area contributed by atoms with E-state index in [1.165, 1.54) is 6.92 Å². The first-order valence-corrected chi connectivity index (χ1v) is 9.64. The lowest BCUT2D eigenvalue weighted by atomic mass is 9.58. The summed E-state index contributed by atoms with van der Waals surface area (Å²) < 4.78 is 1.97. The zero-order chi connectivity index (χ0) is 19.2. The van der Waals surface area contributed by atoms with E-state index < -0.39 is 5.41 Å². The van der Waals surface area contributed by atoms with Gasteiger partial charge < -0.3 is 14.8 Å². The molecule has 142 valence electrons. The van der Waals surface area contributed by atoms with Gasteiger partial charge in [-0.15, -0.1) is 0 Å². The minimum absolute atomic E-state index is 0.125. The van der Waals surface area contributed by atoms with E-state index in [1.807, 2.05) is 33.7 Å². The maximum atomic E-state index is 13.5. The number of amides is 2. The summed E-state index contributed by atoms with van der Waals surface area (Å²) >= 11 is 6.20. The number of benzene rings is 1. The molecule has 2 aromatic rings. The predicted molar refractivity (Wildman–Crippen MR) is 103 cm³/mol. The zero-order valence-corrected chi connectivity index (χ0v) is 16.3. The summed E-state index contributed by atoms with van der Waals surface area (Å²) in [6.45, 7) is 5.34. The van der Waals surface area contributed by atoms with E-state index in [4.69, 9.17) is 11.6 Å². The number of hydrogen-bond acceptors (Lipinski definition) is 3. The van der Waals surface area contributed by atoms with Crippen LogP contribution in [0.3, 0.4) is 0 Å². The second-order valence-corrected chi connectivity index (χ2v) is 8.16. The van der Waals surface area contributed by atoms with Gasteiger partial charge in [0.25, 0.3) is 0 Å². The van der Waals surface area contributed by atoms with Crippen molar-refractivity contribution in [2.24, 2.45) is 5.92 Å². The number of carbonyl (C=O) groups is 2. The lowest BCUT2D eigenvalue weighted by Gasteiger charge is -2.48. The quantitative estimate of drug-likeness (QED) is 0.880. The van der Waals surface area contributed by atoms with Gasteiger partial charge in [-0.25, -0.2) is 4.98 Å². The van der Waals surface area contributed by atoms with Crippen LogP contribution >= 0.6 is 11.6 Å². The second kappa shape index (κ2) is 6.68. The third-order valence-corrected chi connectivity index (χ3v) is 5.87. The van der Waals surface area contributed by atoms with Crippen LogP contribution in [0.2, 0.25) is 5.02 Å². The third kappa shape index (κ3) is 3.12. The van der Waals surface area contributed by atoms with E-state index in [0.717, 1.165) is 24.2 Å². The summed E-state index contributed by atoms with van der Waals surface area (Å²) in [6.07, 6.45) is 3.34. The van der Waals surface area contributed by atoms with Gasteiger partial charge in [0.1, 0.15) is 11.6 Å². The first-order chi connectivity index (χ1) is 12.9. The largest absolute Gasteiger partial charge is 0.333 e. The lowest BCUT2D eigenvalue weighted by Crippen LogP contribution is -2.55. The number of hydrogen-bond donors (Lipinski definition) is 1. The Morgan fingerprint density at radius 2 is 2.07 bits per heavy atom. The van der Waals surface area contributed by atoms with Crippen LogP contribution in [0.5, 0.6) is 0 Å². The molecule has 7 heteroatoms. The third-order valence-electron chi connectivity index (χ3n) is 5.64. The van der Waals surface area contributed by atoms with Crippen molar-refractivity contribution in [3.63, 3.8) is 0 Å². The van der Waals surface area contributed by atoms with Crippen LogP contribution < -0.4 is 5.32 Å². The molecule has 1 aliphatic carbocycles. The minimum Gasteiger partial charge on any atom is -0.333 e. The van der Waals surface area contributed by atoms with E-state index in [1.54, 1.807) is 6.20 Å². The van der Waals surface area contributed by atoms with Crippen LogP contribution in [-0.2, 0) is 28.1 Å². The Balaban J connectivity index is 1.59. The Labute approximate surface area is 163 Å². The van der Waals surface area contributed by atoms with Gasteiger partial charge >= 0.3 is 0 Å². The standard InChI is InChI=1S/C20H23ClN4O2/c1-13-9-20(10-13,15-4-3-5-16(21)8-15)19(27)24-6-7-25-17(23-14(2)26)11-22-18(25)12-24/h3-5,8,11,13H,6-7,9-10,12H2,1-2H3,(H,23,26). The van der Waals surface area contributed by atoms with Crippen molar-refractivity contribution in [2.75, 3.05) is 11.9 Å². The van der Waals surface area contributed by atoms with Gasteiger partial charge in [0.05, 0.1) is 18.2 Å². The van der Waals surface area contributed by atoms with E-state index in [-0.39, 0.29) is 11.8 Å². The number of imidazole rings is 1. The smallest absolute Gasteiger partial charge is 0.233 e. The molecular formula is C20H23ClN4O2. The Hall–Kier alpha value is -2.34. The molecule has 4 rings (SSSR count). The monoisotopic (exact) mass is 386 g/mol. The van der Waals surface area contributed by atoms with Crippen LogP contribution in [0.1, 0.15) is 38.1 Å². The Bertz CT molecular complexity index is 901. The molecular weight excluding hydrogens is 364 g/mol. The van der Waals surface area contributed by atoms with Crippen molar-refractivity contribution in [2.45, 2.75) is 45.2 Å². The highest BCUT2D eigenvalue weighted by Crippen LogP contribution is 2.49. The molecule has 0 bridgehead atoms. The minimum atomic E-state index is -0.487. The fourth-order valence-corrected chi connectivity index (χ4v) is 4.66. The highest BCUT2D eigenvalue weighted by molar-refractivity contribution is 6.30. The van der Waals surface area contributed by atoms with E-state index in [2.05, 4.69) is 17.2 Å². The Kier molecular flexibility index (Phi) is 4.46. The number of fused-ring (bicyclic) bond motifs is 1. The maximum Gasteiger partial charge on any atom is 0.233 e. The first-order valence-electron chi connectivity index (χ1n) is 9.26. The van der Waals surface area contributed by atoms with Crippen LogP contribution in [0, 0.1) is 5.92 Å². The Morgan fingerprint density at radius 1 is 1.30 bits per heavy atom. The number of anilines is 1. The fraction of sp³-hybridized carbons (Fsp3) is 0.450. The molecule has 1 aromatic heterocycles. The molecule has 2 heterocycles. The SMILES string of the molecule is CC(=O)Nc1cnc2n1CCN(C(=O)C1(c3cccc(Cl)c3)CC(C)C1)C2. The maximum absolute atomic E-state index is 13.5. The lowest BCUT2D eigenvalue weighted by molar-refractivity contribution is -0.144. The fourth-order valence-electron chi connectivity index (χ4n) is 4.47. The number of rotatable bonds is 3. The summed E-state index contributed by atoms with van der Waals surface area (Å²) in [6, 6.07) is 7.69. The number of carbonyl (C=O) groups excluding carboxylic acids is 2. The molecule has 6 nitrogen and oxygen atoms in total. The first kappa shape index (κ1) is 18.0. The van der Waals surface area contributed by atoms with Crippen molar-refractivity contribution in [3.8, 4) is 0 Å². The molecule has 1 aromatic carbocycles. The van der Waals surface area contributed by atoms with Gasteiger partial charge in [0.15, 0.2) is 0 Å². The molecule has 2 aliphatic rings. The molecule has 27 heavy (non-hydrogen) atoms. The molecule has 2 amide bonds. The summed E-state index contributed by atoms with van der Waals surface area (Å²) in [7, 11) is 0. The summed E-state index contributed by atoms with van der Waals surface area (Å²) in [5, 5.41) is 3.45. The van der Waals surface area contributed by atoms with Crippen molar-refractivity contribution in [3.05, 3.63) is 46.9 Å². The number of nitrogens with one attached hydrogen (secondary N) is 1. The van der Waals surface area contributed by atoms with Gasteiger partial charge in [-0.3, -0.25) is 9.59 Å². The molecule has 1 fully saturated rings. The van der Waals surface area contributed by atoms with E-state index >= 15 is 0 Å². The molecule has 0 spiro atoms. The summed E-state index contributed by atoms with van der Waals surface area (Å²) in [4.78, 5) is 31.2. The van der Waals surface area contributed by atoms with Crippen molar-refractivity contribution < 1.29 is 9.59 Å². The molecule has 0 saturated heterocycles. The highest BCUT2D eigenvalue weighted by atomic mass is 35.5.